The first-order valence-corrected chi connectivity index (χ1v) is 5.83. The lowest BCUT2D eigenvalue weighted by Crippen LogP contribution is -2.50. The fraction of sp³-hybridized carbons (Fsp3) is 0.917. The Labute approximate surface area is 93.0 Å². The molecule has 1 atom stereocenters. The van der Waals surface area contributed by atoms with E-state index < -0.39 is 0 Å². The van der Waals surface area contributed by atoms with E-state index in [0.29, 0.717) is 5.92 Å². The van der Waals surface area contributed by atoms with Gasteiger partial charge in [-0.2, -0.15) is 0 Å². The van der Waals surface area contributed by atoms with Crippen molar-refractivity contribution in [3.05, 3.63) is 0 Å². The molecule has 1 aliphatic carbocycles. The Bertz CT molecular complexity index is 228. The van der Waals surface area contributed by atoms with Gasteiger partial charge in [-0.05, 0) is 24.2 Å². The van der Waals surface area contributed by atoms with E-state index in [2.05, 4.69) is 0 Å². The summed E-state index contributed by atoms with van der Waals surface area (Å²) in [6, 6.07) is -0.387. The highest BCUT2D eigenvalue weighted by Gasteiger charge is 2.31. The molecule has 0 radical (unpaired) electrons. The van der Waals surface area contributed by atoms with Crippen molar-refractivity contribution in [2.75, 3.05) is 13.6 Å². The molecule has 88 valence electrons. The van der Waals surface area contributed by atoms with Gasteiger partial charge in [0, 0.05) is 13.6 Å². The predicted octanol–water partition coefficient (Wildman–Crippen LogP) is 1.62. The minimum Gasteiger partial charge on any atom is -0.344 e. The van der Waals surface area contributed by atoms with Crippen LogP contribution in [0.3, 0.4) is 0 Å². The summed E-state index contributed by atoms with van der Waals surface area (Å²) in [4.78, 5) is 13.8. The molecule has 0 unspecified atom stereocenters. The fourth-order valence-corrected chi connectivity index (χ4v) is 1.76. The number of carbonyl (C=O) groups is 1. The van der Waals surface area contributed by atoms with Gasteiger partial charge in [-0.25, -0.2) is 0 Å². The van der Waals surface area contributed by atoms with Crippen molar-refractivity contribution in [3.63, 3.8) is 0 Å². The minimum absolute atomic E-state index is 0.0781. The maximum Gasteiger partial charge on any atom is 0.239 e. The number of hydrogen-bond donors (Lipinski definition) is 1. The maximum atomic E-state index is 12.0. The SMILES string of the molecule is CN(CC1CCC1)C(=O)[C@@H](N)C(C)(C)C. The van der Waals surface area contributed by atoms with Gasteiger partial charge in [0.15, 0.2) is 0 Å². The van der Waals surface area contributed by atoms with E-state index in [1.165, 1.54) is 19.3 Å². The van der Waals surface area contributed by atoms with Crippen LogP contribution in [0.5, 0.6) is 0 Å². The second-order valence-corrected chi connectivity index (χ2v) is 5.86. The van der Waals surface area contributed by atoms with Crippen LogP contribution in [0.4, 0.5) is 0 Å². The Morgan fingerprint density at radius 3 is 2.33 bits per heavy atom. The summed E-state index contributed by atoms with van der Waals surface area (Å²) in [7, 11) is 1.87. The van der Waals surface area contributed by atoms with E-state index in [9.17, 15) is 4.79 Å². The Morgan fingerprint density at radius 1 is 1.47 bits per heavy atom. The normalized spacial score (nSPS) is 19.5. The molecule has 0 aromatic rings. The van der Waals surface area contributed by atoms with Crippen LogP contribution in [-0.4, -0.2) is 30.4 Å². The van der Waals surface area contributed by atoms with Crippen molar-refractivity contribution in [1.82, 2.24) is 4.90 Å². The zero-order chi connectivity index (χ0) is 11.6. The second kappa shape index (κ2) is 4.52. The summed E-state index contributed by atoms with van der Waals surface area (Å²) in [5.74, 6) is 0.792. The molecule has 3 nitrogen and oxygen atoms in total. The number of carbonyl (C=O) groups excluding carboxylic acids is 1. The molecule has 1 amide bonds. The zero-order valence-corrected chi connectivity index (χ0v) is 10.4. The smallest absolute Gasteiger partial charge is 0.239 e. The number of hydrogen-bond acceptors (Lipinski definition) is 2. The topological polar surface area (TPSA) is 46.3 Å². The van der Waals surface area contributed by atoms with Gasteiger partial charge in [-0.1, -0.05) is 27.2 Å². The molecule has 1 fully saturated rings. The first-order valence-electron chi connectivity index (χ1n) is 5.83. The maximum absolute atomic E-state index is 12.0. The van der Waals surface area contributed by atoms with Gasteiger partial charge in [-0.15, -0.1) is 0 Å². The second-order valence-electron chi connectivity index (χ2n) is 5.86. The Morgan fingerprint density at radius 2 is 2.00 bits per heavy atom. The lowest BCUT2D eigenvalue weighted by Gasteiger charge is -2.34. The summed E-state index contributed by atoms with van der Waals surface area (Å²) in [6.45, 7) is 6.90. The van der Waals surface area contributed by atoms with E-state index in [4.69, 9.17) is 5.73 Å². The Balaban J connectivity index is 2.44. The number of nitrogens with two attached hydrogens (primary N) is 1. The molecule has 1 saturated carbocycles. The Kier molecular flexibility index (Phi) is 3.77. The minimum atomic E-state index is -0.387. The highest BCUT2D eigenvalue weighted by molar-refractivity contribution is 5.82. The summed E-state index contributed by atoms with van der Waals surface area (Å²) < 4.78 is 0. The molecule has 0 aromatic heterocycles. The largest absolute Gasteiger partial charge is 0.344 e. The standard InChI is InChI=1S/C12H24N2O/c1-12(2,3)10(13)11(15)14(4)8-9-6-5-7-9/h9-10H,5-8,13H2,1-4H3/t10-/m1/s1. The highest BCUT2D eigenvalue weighted by atomic mass is 16.2. The van der Waals surface area contributed by atoms with Crippen molar-refractivity contribution >= 4 is 5.91 Å². The van der Waals surface area contributed by atoms with Crippen LogP contribution >= 0.6 is 0 Å². The first kappa shape index (κ1) is 12.5. The van der Waals surface area contributed by atoms with Gasteiger partial charge in [0.25, 0.3) is 0 Å². The summed E-state index contributed by atoms with van der Waals surface area (Å²) in [5.41, 5.74) is 5.79. The molecule has 0 heterocycles. The Hall–Kier alpha value is -0.570. The summed E-state index contributed by atoms with van der Waals surface area (Å²) >= 11 is 0. The third-order valence-electron chi connectivity index (χ3n) is 3.33. The number of likely N-dealkylation sites (N-methyl/N-ethyl adjacent to an activating group) is 1. The van der Waals surface area contributed by atoms with Crippen molar-refractivity contribution in [3.8, 4) is 0 Å². The van der Waals surface area contributed by atoms with Gasteiger partial charge in [-0.3, -0.25) is 4.79 Å². The molecule has 1 rings (SSSR count). The lowest BCUT2D eigenvalue weighted by molar-refractivity contribution is -0.134. The zero-order valence-electron chi connectivity index (χ0n) is 10.4. The van der Waals surface area contributed by atoms with E-state index in [1.54, 1.807) is 4.90 Å². The van der Waals surface area contributed by atoms with Crippen molar-refractivity contribution in [1.29, 1.82) is 0 Å². The first-order chi connectivity index (χ1) is 6.82. The van der Waals surface area contributed by atoms with Crippen LogP contribution in [-0.2, 0) is 4.79 Å². The third-order valence-corrected chi connectivity index (χ3v) is 3.33. The molecular weight excluding hydrogens is 188 g/mol. The molecular formula is C12H24N2O. The summed E-state index contributed by atoms with van der Waals surface area (Å²) in [5, 5.41) is 0. The molecule has 15 heavy (non-hydrogen) atoms. The molecule has 0 aromatic carbocycles. The van der Waals surface area contributed by atoms with Crippen molar-refractivity contribution in [2.45, 2.75) is 46.1 Å². The van der Waals surface area contributed by atoms with Gasteiger partial charge in [0.2, 0.25) is 5.91 Å². The van der Waals surface area contributed by atoms with Crippen LogP contribution in [0.2, 0.25) is 0 Å². The van der Waals surface area contributed by atoms with Crippen molar-refractivity contribution < 1.29 is 4.79 Å². The van der Waals surface area contributed by atoms with Gasteiger partial charge in [0.05, 0.1) is 6.04 Å². The third kappa shape index (κ3) is 3.20. The van der Waals surface area contributed by atoms with Crippen LogP contribution in [0.25, 0.3) is 0 Å². The lowest BCUT2D eigenvalue weighted by atomic mass is 9.84. The van der Waals surface area contributed by atoms with Gasteiger partial charge in [0.1, 0.15) is 0 Å². The average Bonchev–Trinajstić information content (AvgIpc) is 2.06. The fourth-order valence-electron chi connectivity index (χ4n) is 1.76. The molecule has 0 spiro atoms. The number of rotatable bonds is 3. The van der Waals surface area contributed by atoms with Crippen LogP contribution < -0.4 is 5.73 Å². The van der Waals surface area contributed by atoms with E-state index in [1.807, 2.05) is 27.8 Å². The summed E-state index contributed by atoms with van der Waals surface area (Å²) in [6.07, 6.45) is 3.85. The molecule has 1 aliphatic rings. The van der Waals surface area contributed by atoms with E-state index in [0.717, 1.165) is 6.54 Å². The number of amides is 1. The molecule has 3 heteroatoms. The van der Waals surface area contributed by atoms with Crippen LogP contribution in [0.15, 0.2) is 0 Å². The van der Waals surface area contributed by atoms with E-state index in [-0.39, 0.29) is 17.4 Å². The van der Waals surface area contributed by atoms with Gasteiger partial charge >= 0.3 is 0 Å². The highest BCUT2D eigenvalue weighted by Crippen LogP contribution is 2.27. The molecule has 0 aliphatic heterocycles. The number of nitrogens with zero attached hydrogens (tertiary/aromatic N) is 1. The monoisotopic (exact) mass is 212 g/mol. The van der Waals surface area contributed by atoms with Crippen molar-refractivity contribution in [2.24, 2.45) is 17.1 Å². The van der Waals surface area contributed by atoms with E-state index >= 15 is 0 Å². The van der Waals surface area contributed by atoms with Crippen LogP contribution in [0.1, 0.15) is 40.0 Å². The molecule has 0 saturated heterocycles. The average molecular weight is 212 g/mol. The quantitative estimate of drug-likeness (QED) is 0.772. The molecule has 0 bridgehead atoms. The van der Waals surface area contributed by atoms with Gasteiger partial charge < -0.3 is 10.6 Å². The molecule has 2 N–H and O–H groups in total. The van der Waals surface area contributed by atoms with Crippen LogP contribution in [0, 0.1) is 11.3 Å². The predicted molar refractivity (Wildman–Crippen MR) is 62.4 cm³/mol.